The number of carboxylic acids is 5. The fourth-order valence-electron chi connectivity index (χ4n) is 1.03. The summed E-state index contributed by atoms with van der Waals surface area (Å²) in [4.78, 5) is 47.1. The molecule has 2 atom stereocenters. The fraction of sp³-hybridized carbons (Fsp3) is 0.773. The van der Waals surface area contributed by atoms with Crippen LogP contribution in [0.25, 0.3) is 0 Å². The highest BCUT2D eigenvalue weighted by atomic mass is 16.4. The van der Waals surface area contributed by atoms with Crippen LogP contribution in [0.1, 0.15) is 59.8 Å². The minimum Gasteiger partial charge on any atom is -0.547 e. The number of aliphatic carboxylic acids is 5. The van der Waals surface area contributed by atoms with E-state index in [1.165, 1.54) is 0 Å². The van der Waals surface area contributed by atoms with E-state index in [0.29, 0.717) is 12.8 Å². The number of hydrogen-bond donors (Lipinski definition) is 8. The predicted octanol–water partition coefficient (Wildman–Crippen LogP) is -1.55. The number of hydrogen-bond acceptors (Lipinski definition) is 10. The van der Waals surface area contributed by atoms with Gasteiger partial charge in [0.2, 0.25) is 0 Å². The smallest absolute Gasteiger partial charge is 0.329 e. The Hall–Kier alpha value is -2.85. The SMILES string of the molecule is CC(=O)O.CCC(O)C(=O)[O-].CCC(O)CC(=O)O.CCCC(=O)O.C[N+](C)(C)CCO.O=C(O)CO. The van der Waals surface area contributed by atoms with Gasteiger partial charge in [-0.05, 0) is 19.3 Å². The van der Waals surface area contributed by atoms with Crippen molar-refractivity contribution in [3.8, 4) is 0 Å². The van der Waals surface area contributed by atoms with E-state index in [9.17, 15) is 19.5 Å². The number of carbonyl (C=O) groups excluding carboxylic acids is 1. The van der Waals surface area contributed by atoms with Crippen LogP contribution in [0.5, 0.6) is 0 Å². The third kappa shape index (κ3) is 97.6. The van der Waals surface area contributed by atoms with Crippen LogP contribution in [0.4, 0.5) is 0 Å². The maximum Gasteiger partial charge on any atom is 0.329 e. The monoisotopic (exact) mass is 549 g/mol. The second kappa shape index (κ2) is 33.1. The third-order valence-corrected chi connectivity index (χ3v) is 2.91. The minimum absolute atomic E-state index is 0.142. The Kier molecular flexibility index (Phi) is 42.4. The average Bonchev–Trinajstić information content (AvgIpc) is 2.72. The van der Waals surface area contributed by atoms with Gasteiger partial charge in [0.25, 0.3) is 5.97 Å². The largest absolute Gasteiger partial charge is 0.547 e. The molecule has 8 N–H and O–H groups in total. The van der Waals surface area contributed by atoms with Gasteiger partial charge < -0.3 is 55.2 Å². The van der Waals surface area contributed by atoms with Gasteiger partial charge in [0.05, 0.1) is 52.3 Å². The number of carboxylic acid groups (broad SMARTS) is 5. The Morgan fingerprint density at radius 1 is 0.784 bits per heavy atom. The molecule has 0 bridgehead atoms. The van der Waals surface area contributed by atoms with E-state index in [1.807, 2.05) is 6.92 Å². The van der Waals surface area contributed by atoms with Gasteiger partial charge in [-0.25, -0.2) is 4.79 Å². The highest BCUT2D eigenvalue weighted by Crippen LogP contribution is 1.94. The first kappa shape index (κ1) is 47.4. The van der Waals surface area contributed by atoms with E-state index in [4.69, 9.17) is 50.4 Å². The summed E-state index contributed by atoms with van der Waals surface area (Å²) in [6.07, 6.45) is -0.368. The molecule has 15 heteroatoms. The summed E-state index contributed by atoms with van der Waals surface area (Å²) in [5.74, 6) is -5.08. The Morgan fingerprint density at radius 3 is 1.19 bits per heavy atom. The van der Waals surface area contributed by atoms with Crippen molar-refractivity contribution < 1.29 is 74.4 Å². The average molecular weight is 550 g/mol. The van der Waals surface area contributed by atoms with Crippen molar-refractivity contribution in [3.05, 3.63) is 0 Å². The quantitative estimate of drug-likeness (QED) is 0.143. The molecule has 0 aliphatic heterocycles. The van der Waals surface area contributed by atoms with E-state index in [-0.39, 0.29) is 19.4 Å². The number of likely N-dealkylation sites (N-methyl/N-ethyl adjacent to an activating group) is 1. The number of nitrogens with zero attached hydrogens (tertiary/aromatic N) is 1. The molecule has 0 aromatic carbocycles. The van der Waals surface area contributed by atoms with Gasteiger partial charge in [0.15, 0.2) is 0 Å². The highest BCUT2D eigenvalue weighted by Gasteiger charge is 2.04. The second-order valence-corrected chi connectivity index (χ2v) is 7.86. The molecule has 0 saturated carbocycles. The maximum atomic E-state index is 9.81. The topological polar surface area (TPSA) is 270 Å². The third-order valence-electron chi connectivity index (χ3n) is 2.91. The van der Waals surface area contributed by atoms with Crippen molar-refractivity contribution in [1.29, 1.82) is 0 Å². The van der Waals surface area contributed by atoms with Gasteiger partial charge in [0.1, 0.15) is 13.2 Å². The maximum absolute atomic E-state index is 9.81. The molecular weight excluding hydrogens is 502 g/mol. The van der Waals surface area contributed by atoms with Crippen LogP contribution < -0.4 is 5.11 Å². The van der Waals surface area contributed by atoms with Crippen LogP contribution in [0.3, 0.4) is 0 Å². The zero-order chi connectivity index (χ0) is 31.2. The molecule has 0 saturated heterocycles. The second-order valence-electron chi connectivity index (χ2n) is 7.86. The summed E-state index contributed by atoms with van der Waals surface area (Å²) in [6.45, 7) is 6.58. The lowest BCUT2D eigenvalue weighted by molar-refractivity contribution is -0.870. The number of rotatable bonds is 10. The zero-order valence-electron chi connectivity index (χ0n) is 22.8. The van der Waals surface area contributed by atoms with E-state index in [1.54, 1.807) is 13.8 Å². The van der Waals surface area contributed by atoms with Gasteiger partial charge in [0, 0.05) is 13.3 Å². The van der Waals surface area contributed by atoms with Gasteiger partial charge in [-0.2, -0.15) is 0 Å². The van der Waals surface area contributed by atoms with Crippen LogP contribution in [0, 0.1) is 0 Å². The lowest BCUT2D eigenvalue weighted by Crippen LogP contribution is -2.36. The molecule has 0 heterocycles. The molecule has 0 spiro atoms. The molecule has 0 aromatic heterocycles. The van der Waals surface area contributed by atoms with Gasteiger partial charge >= 0.3 is 17.9 Å². The van der Waals surface area contributed by atoms with Crippen LogP contribution in [-0.2, 0) is 24.0 Å². The minimum atomic E-state index is -1.40. The zero-order valence-corrected chi connectivity index (χ0v) is 22.8. The summed E-state index contributed by atoms with van der Waals surface area (Å²) in [5, 5.41) is 73.3. The molecular formula is C22H47NO14. The summed E-state index contributed by atoms with van der Waals surface area (Å²) >= 11 is 0. The summed E-state index contributed by atoms with van der Waals surface area (Å²) in [5.41, 5.74) is 0. The van der Waals surface area contributed by atoms with Gasteiger partial charge in [-0.15, -0.1) is 0 Å². The summed E-state index contributed by atoms with van der Waals surface area (Å²) in [7, 11) is 6.16. The predicted molar refractivity (Wildman–Crippen MR) is 130 cm³/mol. The van der Waals surface area contributed by atoms with Crippen molar-refractivity contribution in [3.63, 3.8) is 0 Å². The molecule has 15 nitrogen and oxygen atoms in total. The Labute approximate surface area is 217 Å². The Bertz CT molecular complexity index is 572. The standard InChI is InChI=1S/C5H14NO.C5H10O3.C4H8O3.C4H8O2.C2H4O3.C2H4O2/c1-6(2,3)4-5-7;1-2-4(6)3-5(7)8;1-2-3(5)4(6)7;1-2-3-4(5)6;3-1-2(4)5;1-2(3)4/h7H,4-5H2,1-3H3;4,6H,2-3H2,1H3,(H,7,8);3,5H,2H2,1H3,(H,6,7);2-3H2,1H3,(H,5,6);3H,1H2,(H,4,5);1H3,(H,3,4)/q+1;;;;;/p-1. The molecule has 0 aromatic rings. The van der Waals surface area contributed by atoms with Gasteiger partial charge in [-0.3, -0.25) is 14.4 Å². The normalized spacial score (nSPS) is 10.7. The van der Waals surface area contributed by atoms with E-state index >= 15 is 0 Å². The van der Waals surface area contributed by atoms with Crippen LogP contribution in [0.15, 0.2) is 0 Å². The van der Waals surface area contributed by atoms with Crippen molar-refractivity contribution in [2.75, 3.05) is 40.9 Å². The summed E-state index contributed by atoms with van der Waals surface area (Å²) in [6, 6.07) is 0. The van der Waals surface area contributed by atoms with Crippen LogP contribution in [-0.4, -0.2) is 128 Å². The molecule has 0 aliphatic rings. The number of carbonyl (C=O) groups is 5. The lowest BCUT2D eigenvalue weighted by Gasteiger charge is -2.21. The summed E-state index contributed by atoms with van der Waals surface area (Å²) < 4.78 is 0.844. The van der Waals surface area contributed by atoms with Crippen LogP contribution >= 0.6 is 0 Å². The van der Waals surface area contributed by atoms with Crippen LogP contribution in [0.2, 0.25) is 0 Å². The number of quaternary nitrogens is 1. The van der Waals surface area contributed by atoms with Crippen molar-refractivity contribution in [2.45, 2.75) is 72.0 Å². The van der Waals surface area contributed by atoms with E-state index in [2.05, 4.69) is 21.1 Å². The molecule has 224 valence electrons. The molecule has 0 fully saturated rings. The first-order valence-corrected chi connectivity index (χ1v) is 11.1. The van der Waals surface area contributed by atoms with Crippen molar-refractivity contribution >= 4 is 29.8 Å². The Morgan fingerprint density at radius 2 is 1.16 bits per heavy atom. The van der Waals surface area contributed by atoms with Gasteiger partial charge in [-0.1, -0.05) is 20.8 Å². The number of aliphatic hydroxyl groups excluding tert-OH is 4. The molecule has 2 unspecified atom stereocenters. The van der Waals surface area contributed by atoms with Crippen molar-refractivity contribution in [2.24, 2.45) is 0 Å². The van der Waals surface area contributed by atoms with Crippen molar-refractivity contribution in [1.82, 2.24) is 0 Å². The van der Waals surface area contributed by atoms with E-state index in [0.717, 1.165) is 24.4 Å². The highest BCUT2D eigenvalue weighted by molar-refractivity contribution is 5.69. The molecule has 0 amide bonds. The Balaban J connectivity index is -0.0000000789. The fourth-order valence-corrected chi connectivity index (χ4v) is 1.03. The first-order chi connectivity index (χ1) is 16.7. The molecule has 0 aliphatic carbocycles. The molecule has 0 radical (unpaired) electrons. The molecule has 37 heavy (non-hydrogen) atoms. The lowest BCUT2D eigenvalue weighted by atomic mass is 10.2. The first-order valence-electron chi connectivity index (χ1n) is 11.1. The molecule has 0 rings (SSSR count). The number of aliphatic hydroxyl groups is 4. The van der Waals surface area contributed by atoms with E-state index < -0.39 is 48.7 Å².